The molecule has 116 valence electrons. The van der Waals surface area contributed by atoms with Gasteiger partial charge in [-0.1, -0.05) is 0 Å². The minimum Gasteiger partial charge on any atom is -0.477 e. The quantitative estimate of drug-likeness (QED) is 0.856. The summed E-state index contributed by atoms with van der Waals surface area (Å²) in [6, 6.07) is 1.67. The summed E-state index contributed by atoms with van der Waals surface area (Å²) in [6.45, 7) is 1.21. The second-order valence-electron chi connectivity index (χ2n) is 5.02. The molecule has 22 heavy (non-hydrogen) atoms. The number of methoxy groups -OCH3 is 1. The summed E-state index contributed by atoms with van der Waals surface area (Å²) in [5.74, 6) is 0.654. The van der Waals surface area contributed by atoms with Crippen molar-refractivity contribution in [2.24, 2.45) is 0 Å². The third kappa shape index (κ3) is 3.03. The molecule has 0 saturated carbocycles. The molecule has 1 fully saturated rings. The molecule has 0 aliphatic carbocycles. The van der Waals surface area contributed by atoms with Crippen LogP contribution in [0, 0.1) is 0 Å². The van der Waals surface area contributed by atoms with Crippen molar-refractivity contribution in [2.45, 2.75) is 18.9 Å². The lowest BCUT2D eigenvalue weighted by molar-refractivity contribution is 0.0518. The predicted molar refractivity (Wildman–Crippen MR) is 76.8 cm³/mol. The number of rotatable bonds is 4. The van der Waals surface area contributed by atoms with E-state index in [1.54, 1.807) is 23.4 Å². The van der Waals surface area contributed by atoms with Gasteiger partial charge in [0.25, 0.3) is 17.7 Å². The highest BCUT2D eigenvalue weighted by atomic mass is 16.5. The average molecular weight is 303 g/mol. The summed E-state index contributed by atoms with van der Waals surface area (Å²) < 4.78 is 16.0. The van der Waals surface area contributed by atoms with Gasteiger partial charge in [0.2, 0.25) is 0 Å². The fourth-order valence-electron chi connectivity index (χ4n) is 2.48. The molecular formula is C15H17N3O4. The van der Waals surface area contributed by atoms with E-state index in [0.29, 0.717) is 30.4 Å². The number of ether oxygens (including phenoxy) is 2. The van der Waals surface area contributed by atoms with E-state index >= 15 is 0 Å². The fourth-order valence-corrected chi connectivity index (χ4v) is 2.48. The molecule has 3 rings (SSSR count). The van der Waals surface area contributed by atoms with Crippen LogP contribution in [0.25, 0.3) is 0 Å². The molecule has 0 bridgehead atoms. The second-order valence-corrected chi connectivity index (χ2v) is 5.02. The van der Waals surface area contributed by atoms with Gasteiger partial charge in [0.15, 0.2) is 0 Å². The maximum atomic E-state index is 12.3. The van der Waals surface area contributed by atoms with Crippen LogP contribution in [-0.4, -0.2) is 47.1 Å². The smallest absolute Gasteiger partial charge is 0.278 e. The molecule has 0 N–H and O–H groups in total. The van der Waals surface area contributed by atoms with E-state index in [-0.39, 0.29) is 12.0 Å². The van der Waals surface area contributed by atoms with Gasteiger partial charge in [-0.25, -0.2) is 9.97 Å². The lowest BCUT2D eigenvalue weighted by Gasteiger charge is -2.32. The lowest BCUT2D eigenvalue weighted by atomic mass is 10.1. The van der Waals surface area contributed by atoms with Crippen molar-refractivity contribution in [2.75, 3.05) is 20.2 Å². The molecule has 0 unspecified atom stereocenters. The van der Waals surface area contributed by atoms with Gasteiger partial charge in [-0.3, -0.25) is 4.79 Å². The van der Waals surface area contributed by atoms with Crippen LogP contribution in [0.1, 0.15) is 23.2 Å². The highest BCUT2D eigenvalue weighted by Gasteiger charge is 2.27. The molecule has 3 heterocycles. The van der Waals surface area contributed by atoms with Crippen LogP contribution in [0.2, 0.25) is 0 Å². The van der Waals surface area contributed by atoms with Crippen LogP contribution < -0.4 is 9.47 Å². The fraction of sp³-hybridized carbons (Fsp3) is 0.400. The molecule has 1 aliphatic rings. The first kappa shape index (κ1) is 14.4. The summed E-state index contributed by atoms with van der Waals surface area (Å²) in [4.78, 5) is 22.3. The Balaban J connectivity index is 1.67. The molecule has 0 radical (unpaired) electrons. The SMILES string of the molecule is COc1nccnc1O[C@@H]1CCCN(C(=O)c2ccoc2)C1. The first-order valence-corrected chi connectivity index (χ1v) is 7.11. The number of piperidine rings is 1. The van der Waals surface area contributed by atoms with Crippen molar-refractivity contribution in [1.82, 2.24) is 14.9 Å². The predicted octanol–water partition coefficient (Wildman–Crippen LogP) is 1.76. The van der Waals surface area contributed by atoms with E-state index < -0.39 is 0 Å². The van der Waals surface area contributed by atoms with E-state index in [1.165, 1.54) is 19.6 Å². The van der Waals surface area contributed by atoms with Crippen LogP contribution in [0.5, 0.6) is 11.8 Å². The third-order valence-electron chi connectivity index (χ3n) is 3.54. The number of furan rings is 1. The van der Waals surface area contributed by atoms with E-state index in [0.717, 1.165) is 12.8 Å². The van der Waals surface area contributed by atoms with E-state index in [4.69, 9.17) is 13.9 Å². The van der Waals surface area contributed by atoms with Crippen LogP contribution in [0.3, 0.4) is 0 Å². The Morgan fingerprint density at radius 1 is 1.36 bits per heavy atom. The molecule has 0 aromatic carbocycles. The average Bonchev–Trinajstić information content (AvgIpc) is 3.09. The molecular weight excluding hydrogens is 286 g/mol. The van der Waals surface area contributed by atoms with Crippen LogP contribution in [0.4, 0.5) is 0 Å². The maximum absolute atomic E-state index is 12.3. The highest BCUT2D eigenvalue weighted by Crippen LogP contribution is 2.24. The number of carbonyl (C=O) groups excluding carboxylic acids is 1. The van der Waals surface area contributed by atoms with Crippen LogP contribution >= 0.6 is 0 Å². The van der Waals surface area contributed by atoms with Gasteiger partial charge in [-0.15, -0.1) is 0 Å². The summed E-state index contributed by atoms with van der Waals surface area (Å²) >= 11 is 0. The number of nitrogens with zero attached hydrogens (tertiary/aromatic N) is 3. The maximum Gasteiger partial charge on any atom is 0.278 e. The number of hydrogen-bond acceptors (Lipinski definition) is 6. The monoisotopic (exact) mass is 303 g/mol. The second kappa shape index (κ2) is 6.46. The molecule has 2 aromatic heterocycles. The molecule has 7 heteroatoms. The van der Waals surface area contributed by atoms with Crippen molar-refractivity contribution < 1.29 is 18.7 Å². The van der Waals surface area contributed by atoms with Crippen molar-refractivity contribution in [3.8, 4) is 11.8 Å². The Hall–Kier alpha value is -2.57. The zero-order valence-corrected chi connectivity index (χ0v) is 12.3. The minimum absolute atomic E-state index is 0.0480. The largest absolute Gasteiger partial charge is 0.477 e. The first-order valence-electron chi connectivity index (χ1n) is 7.11. The zero-order valence-electron chi connectivity index (χ0n) is 12.3. The molecule has 7 nitrogen and oxygen atoms in total. The number of aromatic nitrogens is 2. The Morgan fingerprint density at radius 3 is 2.91 bits per heavy atom. The lowest BCUT2D eigenvalue weighted by Crippen LogP contribution is -2.44. The first-order chi connectivity index (χ1) is 10.8. The topological polar surface area (TPSA) is 77.7 Å². The summed E-state index contributed by atoms with van der Waals surface area (Å²) in [7, 11) is 1.52. The van der Waals surface area contributed by atoms with Crippen molar-refractivity contribution in [3.05, 3.63) is 36.5 Å². The zero-order chi connectivity index (χ0) is 15.4. The Labute approximate surface area is 127 Å². The Kier molecular flexibility index (Phi) is 4.22. The molecule has 1 atom stereocenters. The van der Waals surface area contributed by atoms with Gasteiger partial charge in [0.05, 0.1) is 25.5 Å². The molecule has 2 aromatic rings. The molecule has 0 spiro atoms. The van der Waals surface area contributed by atoms with Crippen molar-refractivity contribution in [3.63, 3.8) is 0 Å². The van der Waals surface area contributed by atoms with Gasteiger partial charge >= 0.3 is 0 Å². The van der Waals surface area contributed by atoms with Gasteiger partial charge in [0, 0.05) is 18.9 Å². The number of amides is 1. The van der Waals surface area contributed by atoms with Crippen LogP contribution in [0.15, 0.2) is 35.4 Å². The minimum atomic E-state index is -0.129. The summed E-state index contributed by atoms with van der Waals surface area (Å²) in [6.07, 6.45) is 7.64. The van der Waals surface area contributed by atoms with Crippen molar-refractivity contribution in [1.29, 1.82) is 0 Å². The van der Waals surface area contributed by atoms with Gasteiger partial charge < -0.3 is 18.8 Å². The number of hydrogen-bond donors (Lipinski definition) is 0. The highest BCUT2D eigenvalue weighted by molar-refractivity contribution is 5.93. The van der Waals surface area contributed by atoms with E-state index in [1.807, 2.05) is 0 Å². The summed E-state index contributed by atoms with van der Waals surface area (Å²) in [5.41, 5.74) is 0.553. The number of carbonyl (C=O) groups is 1. The number of likely N-dealkylation sites (tertiary alicyclic amines) is 1. The van der Waals surface area contributed by atoms with Gasteiger partial charge in [-0.05, 0) is 18.9 Å². The van der Waals surface area contributed by atoms with Crippen molar-refractivity contribution >= 4 is 5.91 Å². The third-order valence-corrected chi connectivity index (χ3v) is 3.54. The molecule has 1 amide bonds. The van der Waals surface area contributed by atoms with Crippen LogP contribution in [-0.2, 0) is 0 Å². The Bertz CT molecular complexity index is 629. The normalized spacial score (nSPS) is 18.0. The standard InChI is InChI=1S/C15H17N3O4/c1-20-13-14(17-6-5-16-13)22-12-3-2-7-18(9-12)15(19)11-4-8-21-10-11/h4-6,8,10,12H,2-3,7,9H2,1H3/t12-/m1/s1. The Morgan fingerprint density at radius 2 is 2.18 bits per heavy atom. The van der Waals surface area contributed by atoms with Gasteiger partial charge in [-0.2, -0.15) is 0 Å². The molecule has 1 aliphatic heterocycles. The van der Waals surface area contributed by atoms with E-state index in [2.05, 4.69) is 9.97 Å². The van der Waals surface area contributed by atoms with Gasteiger partial charge in [0.1, 0.15) is 12.4 Å². The van der Waals surface area contributed by atoms with E-state index in [9.17, 15) is 4.79 Å². The summed E-state index contributed by atoms with van der Waals surface area (Å²) in [5, 5.41) is 0. The molecule has 1 saturated heterocycles.